The minimum atomic E-state index is -0.307. The molecular formula is C13H22N2O3S. The highest BCUT2D eigenvalue weighted by Crippen LogP contribution is 2.25. The first-order valence-electron chi connectivity index (χ1n) is 6.65. The molecule has 0 radical (unpaired) electrons. The van der Waals surface area contributed by atoms with E-state index in [2.05, 4.69) is 16.6 Å². The van der Waals surface area contributed by atoms with Gasteiger partial charge in [0.25, 0.3) is 0 Å². The maximum Gasteiger partial charge on any atom is 0.343 e. The lowest BCUT2D eigenvalue weighted by Gasteiger charge is -2.07. The van der Waals surface area contributed by atoms with Crippen LogP contribution >= 0.6 is 11.5 Å². The number of nitrogens with zero attached hydrogens (tertiary/aromatic N) is 1. The summed E-state index contributed by atoms with van der Waals surface area (Å²) in [6.07, 6.45) is 1.94. The van der Waals surface area contributed by atoms with Crippen LogP contribution in [0.15, 0.2) is 0 Å². The number of esters is 1. The number of hydrogen-bond donors (Lipinski definition) is 1. The SMILES string of the molecule is CCCOCCCNc1snc(C)c1C(=O)OCC. The van der Waals surface area contributed by atoms with E-state index in [-0.39, 0.29) is 5.97 Å². The van der Waals surface area contributed by atoms with E-state index in [9.17, 15) is 4.79 Å². The van der Waals surface area contributed by atoms with Gasteiger partial charge in [0, 0.05) is 19.8 Å². The predicted molar refractivity (Wildman–Crippen MR) is 77.0 cm³/mol. The van der Waals surface area contributed by atoms with Crippen molar-refractivity contribution < 1.29 is 14.3 Å². The highest BCUT2D eigenvalue weighted by Gasteiger charge is 2.19. The van der Waals surface area contributed by atoms with E-state index in [1.807, 2.05) is 6.92 Å². The van der Waals surface area contributed by atoms with Gasteiger partial charge in [-0.2, -0.15) is 4.37 Å². The second-order valence-electron chi connectivity index (χ2n) is 4.09. The van der Waals surface area contributed by atoms with E-state index < -0.39 is 0 Å². The van der Waals surface area contributed by atoms with E-state index in [1.54, 1.807) is 6.92 Å². The van der Waals surface area contributed by atoms with Gasteiger partial charge in [-0.15, -0.1) is 0 Å². The summed E-state index contributed by atoms with van der Waals surface area (Å²) in [5.74, 6) is -0.307. The Bertz CT molecular complexity index is 393. The van der Waals surface area contributed by atoms with Crippen molar-refractivity contribution in [3.63, 3.8) is 0 Å². The van der Waals surface area contributed by atoms with Crippen molar-refractivity contribution in [3.8, 4) is 0 Å². The molecule has 0 saturated heterocycles. The van der Waals surface area contributed by atoms with E-state index >= 15 is 0 Å². The number of aromatic nitrogens is 1. The van der Waals surface area contributed by atoms with Gasteiger partial charge in [0.1, 0.15) is 10.6 Å². The number of hydrogen-bond acceptors (Lipinski definition) is 6. The van der Waals surface area contributed by atoms with Crippen LogP contribution in [0.3, 0.4) is 0 Å². The fraction of sp³-hybridized carbons (Fsp3) is 0.692. The molecular weight excluding hydrogens is 264 g/mol. The summed E-state index contributed by atoms with van der Waals surface area (Å²) in [4.78, 5) is 11.8. The van der Waals surface area contributed by atoms with Gasteiger partial charge >= 0.3 is 5.97 Å². The Labute approximate surface area is 118 Å². The van der Waals surface area contributed by atoms with Crippen molar-refractivity contribution in [2.45, 2.75) is 33.6 Å². The number of ether oxygens (including phenoxy) is 2. The third-order valence-electron chi connectivity index (χ3n) is 2.44. The number of carbonyl (C=O) groups excluding carboxylic acids is 1. The molecule has 0 spiro atoms. The molecule has 1 heterocycles. The zero-order valence-corrected chi connectivity index (χ0v) is 12.6. The quantitative estimate of drug-likeness (QED) is 0.559. The van der Waals surface area contributed by atoms with Gasteiger partial charge in [0.2, 0.25) is 0 Å². The van der Waals surface area contributed by atoms with Crippen molar-refractivity contribution in [1.29, 1.82) is 0 Å². The van der Waals surface area contributed by atoms with Crippen LogP contribution < -0.4 is 5.32 Å². The first-order chi connectivity index (χ1) is 9.20. The summed E-state index contributed by atoms with van der Waals surface area (Å²) in [6.45, 7) is 8.37. The summed E-state index contributed by atoms with van der Waals surface area (Å²) in [5.41, 5.74) is 1.27. The van der Waals surface area contributed by atoms with Crippen LogP contribution in [0.2, 0.25) is 0 Å². The smallest absolute Gasteiger partial charge is 0.343 e. The number of aryl methyl sites for hydroxylation is 1. The Morgan fingerprint density at radius 3 is 2.84 bits per heavy atom. The molecule has 6 heteroatoms. The molecule has 1 N–H and O–H groups in total. The van der Waals surface area contributed by atoms with Gasteiger partial charge in [-0.05, 0) is 38.2 Å². The van der Waals surface area contributed by atoms with E-state index in [0.29, 0.717) is 17.9 Å². The zero-order chi connectivity index (χ0) is 14.1. The normalized spacial score (nSPS) is 10.5. The molecule has 0 aromatic carbocycles. The Morgan fingerprint density at radius 1 is 1.37 bits per heavy atom. The summed E-state index contributed by atoms with van der Waals surface area (Å²) < 4.78 is 14.6. The number of nitrogens with one attached hydrogen (secondary N) is 1. The van der Waals surface area contributed by atoms with Gasteiger partial charge in [0.05, 0.1) is 12.3 Å². The van der Waals surface area contributed by atoms with E-state index in [0.717, 1.165) is 37.6 Å². The molecule has 1 aromatic rings. The molecule has 0 aliphatic heterocycles. The van der Waals surface area contributed by atoms with Crippen LogP contribution in [0.4, 0.5) is 5.00 Å². The van der Waals surface area contributed by atoms with Crippen molar-refractivity contribution >= 4 is 22.5 Å². The maximum absolute atomic E-state index is 11.8. The van der Waals surface area contributed by atoms with Gasteiger partial charge in [-0.25, -0.2) is 4.79 Å². The summed E-state index contributed by atoms with van der Waals surface area (Å²) >= 11 is 1.30. The lowest BCUT2D eigenvalue weighted by molar-refractivity contribution is 0.0527. The first-order valence-corrected chi connectivity index (χ1v) is 7.43. The second kappa shape index (κ2) is 8.87. The van der Waals surface area contributed by atoms with Crippen LogP contribution in [0.1, 0.15) is 42.7 Å². The molecule has 0 fully saturated rings. The fourth-order valence-corrected chi connectivity index (χ4v) is 2.37. The monoisotopic (exact) mass is 286 g/mol. The highest BCUT2D eigenvalue weighted by molar-refractivity contribution is 7.10. The van der Waals surface area contributed by atoms with E-state index in [4.69, 9.17) is 9.47 Å². The van der Waals surface area contributed by atoms with Crippen LogP contribution in [-0.4, -0.2) is 36.7 Å². The standard InChI is InChI=1S/C13H22N2O3S/c1-4-8-17-9-6-7-14-12-11(10(3)15-19-12)13(16)18-5-2/h14H,4-9H2,1-3H3. The van der Waals surface area contributed by atoms with Crippen LogP contribution in [0.5, 0.6) is 0 Å². The maximum atomic E-state index is 11.8. The average Bonchev–Trinajstić information content (AvgIpc) is 2.75. The fourth-order valence-electron chi connectivity index (χ4n) is 1.56. The Hall–Kier alpha value is -1.14. The van der Waals surface area contributed by atoms with Gasteiger partial charge in [-0.1, -0.05) is 6.92 Å². The third kappa shape index (κ3) is 5.16. The molecule has 0 atom stereocenters. The zero-order valence-electron chi connectivity index (χ0n) is 11.8. The van der Waals surface area contributed by atoms with Crippen molar-refractivity contribution in [3.05, 3.63) is 11.3 Å². The van der Waals surface area contributed by atoms with Gasteiger partial charge in [-0.3, -0.25) is 0 Å². The molecule has 0 aliphatic rings. The molecule has 1 rings (SSSR count). The van der Waals surface area contributed by atoms with Crippen LogP contribution in [0, 0.1) is 6.92 Å². The van der Waals surface area contributed by atoms with Gasteiger partial charge < -0.3 is 14.8 Å². The minimum absolute atomic E-state index is 0.307. The molecule has 0 bridgehead atoms. The highest BCUT2D eigenvalue weighted by atomic mass is 32.1. The van der Waals surface area contributed by atoms with Crippen LogP contribution in [0.25, 0.3) is 0 Å². The van der Waals surface area contributed by atoms with Crippen molar-refractivity contribution in [2.75, 3.05) is 31.7 Å². The predicted octanol–water partition coefficient (Wildman–Crippen LogP) is 2.86. The first kappa shape index (κ1) is 15.9. The Kier molecular flexibility index (Phi) is 7.43. The molecule has 0 unspecified atom stereocenters. The number of carbonyl (C=O) groups is 1. The van der Waals surface area contributed by atoms with Crippen LogP contribution in [-0.2, 0) is 9.47 Å². The van der Waals surface area contributed by atoms with Gasteiger partial charge in [0.15, 0.2) is 0 Å². The lowest BCUT2D eigenvalue weighted by Crippen LogP contribution is -2.11. The molecule has 0 saturated carbocycles. The van der Waals surface area contributed by atoms with E-state index in [1.165, 1.54) is 11.5 Å². The summed E-state index contributed by atoms with van der Waals surface area (Å²) in [7, 11) is 0. The molecule has 0 aliphatic carbocycles. The summed E-state index contributed by atoms with van der Waals surface area (Å²) in [5, 5.41) is 4.01. The number of anilines is 1. The number of rotatable bonds is 9. The summed E-state index contributed by atoms with van der Waals surface area (Å²) in [6, 6.07) is 0. The molecule has 108 valence electrons. The average molecular weight is 286 g/mol. The minimum Gasteiger partial charge on any atom is -0.462 e. The molecule has 5 nitrogen and oxygen atoms in total. The molecule has 19 heavy (non-hydrogen) atoms. The Morgan fingerprint density at radius 2 is 2.16 bits per heavy atom. The topological polar surface area (TPSA) is 60.5 Å². The largest absolute Gasteiger partial charge is 0.462 e. The molecule has 1 aromatic heterocycles. The third-order valence-corrected chi connectivity index (χ3v) is 3.34. The Balaban J connectivity index is 2.43. The second-order valence-corrected chi connectivity index (χ2v) is 4.86. The molecule has 0 amide bonds. The van der Waals surface area contributed by atoms with Crippen molar-refractivity contribution in [1.82, 2.24) is 4.37 Å². The lowest BCUT2D eigenvalue weighted by atomic mass is 10.2. The van der Waals surface area contributed by atoms with Crippen molar-refractivity contribution in [2.24, 2.45) is 0 Å².